The molecule has 0 radical (unpaired) electrons. The fourth-order valence-electron chi connectivity index (χ4n) is 1.84. The lowest BCUT2D eigenvalue weighted by atomic mass is 10.1. The van der Waals surface area contributed by atoms with Crippen molar-refractivity contribution in [3.05, 3.63) is 37.9 Å². The summed E-state index contributed by atoms with van der Waals surface area (Å²) in [6.07, 6.45) is -5.27. The molecular formula is C11H8F3N3O6. The summed E-state index contributed by atoms with van der Waals surface area (Å²) >= 11 is 0. The molecule has 0 atom stereocenters. The Morgan fingerprint density at radius 2 is 1.52 bits per heavy atom. The molecular weight excluding hydrogens is 327 g/mol. The summed E-state index contributed by atoms with van der Waals surface area (Å²) in [5.74, 6) is -2.42. The number of hydrogen-bond donors (Lipinski definition) is 0. The number of rotatable bonds is 3. The number of amides is 2. The van der Waals surface area contributed by atoms with Gasteiger partial charge in [0.2, 0.25) is 11.8 Å². The molecule has 0 aliphatic rings. The van der Waals surface area contributed by atoms with Crippen LogP contribution in [0.3, 0.4) is 0 Å². The first-order valence-corrected chi connectivity index (χ1v) is 5.73. The molecule has 0 aromatic heterocycles. The Morgan fingerprint density at radius 1 is 1.04 bits per heavy atom. The molecule has 0 N–H and O–H groups in total. The van der Waals surface area contributed by atoms with E-state index in [0.29, 0.717) is 0 Å². The Kier molecular flexibility index (Phi) is 4.68. The highest BCUT2D eigenvalue weighted by Crippen LogP contribution is 2.44. The lowest BCUT2D eigenvalue weighted by molar-refractivity contribution is -0.394. The smallest absolute Gasteiger partial charge is 0.274 e. The van der Waals surface area contributed by atoms with Crippen LogP contribution in [0.4, 0.5) is 30.2 Å². The maximum absolute atomic E-state index is 13.1. The van der Waals surface area contributed by atoms with Crippen molar-refractivity contribution in [1.29, 1.82) is 0 Å². The molecule has 0 unspecified atom stereocenters. The van der Waals surface area contributed by atoms with Gasteiger partial charge in [0, 0.05) is 19.9 Å². The number of nitro benzene ring substituents is 2. The third kappa shape index (κ3) is 3.59. The summed E-state index contributed by atoms with van der Waals surface area (Å²) in [5.41, 5.74) is -5.76. The molecule has 1 rings (SSSR count). The number of nitro groups is 2. The largest absolute Gasteiger partial charge is 0.418 e. The minimum atomic E-state index is -5.27. The quantitative estimate of drug-likeness (QED) is 0.617. The number of hydrogen-bond acceptors (Lipinski definition) is 6. The Bertz CT molecular complexity index is 702. The molecule has 0 aliphatic heterocycles. The summed E-state index contributed by atoms with van der Waals surface area (Å²) in [6, 6.07) is 0.282. The topological polar surface area (TPSA) is 124 Å². The van der Waals surface area contributed by atoms with Gasteiger partial charge in [-0.25, -0.2) is 4.90 Å². The molecule has 0 aliphatic carbocycles. The van der Waals surface area contributed by atoms with E-state index < -0.39 is 50.5 Å². The van der Waals surface area contributed by atoms with Gasteiger partial charge in [-0.3, -0.25) is 29.8 Å². The summed E-state index contributed by atoms with van der Waals surface area (Å²) in [7, 11) is 0. The normalized spacial score (nSPS) is 11.0. The lowest BCUT2D eigenvalue weighted by Gasteiger charge is -2.21. The molecule has 2 amide bonds. The first-order valence-electron chi connectivity index (χ1n) is 5.73. The van der Waals surface area contributed by atoms with Gasteiger partial charge in [-0.15, -0.1) is 0 Å². The number of imide groups is 1. The minimum Gasteiger partial charge on any atom is -0.274 e. The summed E-state index contributed by atoms with van der Waals surface area (Å²) in [5, 5.41) is 21.7. The predicted molar refractivity (Wildman–Crippen MR) is 68.6 cm³/mol. The van der Waals surface area contributed by atoms with Crippen LogP contribution in [0.15, 0.2) is 12.1 Å². The second-order valence-electron chi connectivity index (χ2n) is 4.25. The minimum absolute atomic E-state index is 0.0290. The zero-order valence-corrected chi connectivity index (χ0v) is 11.6. The highest BCUT2D eigenvalue weighted by molar-refractivity contribution is 6.15. The van der Waals surface area contributed by atoms with Gasteiger partial charge in [-0.05, 0) is 0 Å². The van der Waals surface area contributed by atoms with E-state index in [1.54, 1.807) is 0 Å². The molecule has 0 spiro atoms. The van der Waals surface area contributed by atoms with Gasteiger partial charge in [0.05, 0.1) is 21.5 Å². The van der Waals surface area contributed by atoms with E-state index in [2.05, 4.69) is 0 Å². The predicted octanol–water partition coefficient (Wildman–Crippen LogP) is 2.42. The van der Waals surface area contributed by atoms with Crippen LogP contribution < -0.4 is 4.90 Å². The molecule has 12 heteroatoms. The van der Waals surface area contributed by atoms with Gasteiger partial charge in [-0.1, -0.05) is 0 Å². The average Bonchev–Trinajstić information content (AvgIpc) is 2.35. The first-order chi connectivity index (χ1) is 10.4. The van der Waals surface area contributed by atoms with Crippen LogP contribution in [0.1, 0.15) is 19.4 Å². The van der Waals surface area contributed by atoms with Gasteiger partial charge in [0.15, 0.2) is 0 Å². The second kappa shape index (κ2) is 5.98. The highest BCUT2D eigenvalue weighted by atomic mass is 19.4. The molecule has 0 heterocycles. The van der Waals surface area contributed by atoms with Crippen molar-refractivity contribution in [1.82, 2.24) is 0 Å². The van der Waals surface area contributed by atoms with E-state index in [1.165, 1.54) is 0 Å². The number of anilines is 1. The standard InChI is InChI=1S/C11H8F3N3O6/c1-5(18)15(6(2)19)10-8(11(12,13)14)3-7(16(20)21)4-9(10)17(22)23/h3-4H,1-2H3. The maximum atomic E-state index is 13.1. The van der Waals surface area contributed by atoms with E-state index in [4.69, 9.17) is 0 Å². The second-order valence-corrected chi connectivity index (χ2v) is 4.25. The van der Waals surface area contributed by atoms with Gasteiger partial charge < -0.3 is 0 Å². The molecule has 0 bridgehead atoms. The maximum Gasteiger partial charge on any atom is 0.418 e. The monoisotopic (exact) mass is 335 g/mol. The van der Waals surface area contributed by atoms with Gasteiger partial charge in [0.1, 0.15) is 5.69 Å². The molecule has 23 heavy (non-hydrogen) atoms. The first kappa shape index (κ1) is 18.0. The third-order valence-corrected chi connectivity index (χ3v) is 2.64. The number of benzene rings is 1. The lowest BCUT2D eigenvalue weighted by Crippen LogP contribution is -2.35. The summed E-state index contributed by atoms with van der Waals surface area (Å²) < 4.78 is 39.4. The number of halogens is 3. The molecule has 9 nitrogen and oxygen atoms in total. The number of non-ortho nitro benzene ring substituents is 1. The fourth-order valence-corrected chi connectivity index (χ4v) is 1.84. The fraction of sp³-hybridized carbons (Fsp3) is 0.273. The van der Waals surface area contributed by atoms with Crippen LogP contribution in [0.25, 0.3) is 0 Å². The Hall–Kier alpha value is -3.05. The molecule has 0 saturated heterocycles. The van der Waals surface area contributed by atoms with Crippen LogP contribution in [0.5, 0.6) is 0 Å². The zero-order chi connectivity index (χ0) is 18.1. The highest BCUT2D eigenvalue weighted by Gasteiger charge is 2.43. The van der Waals surface area contributed by atoms with Crippen molar-refractivity contribution >= 4 is 28.9 Å². The van der Waals surface area contributed by atoms with Crippen LogP contribution in [0, 0.1) is 20.2 Å². The van der Waals surface area contributed by atoms with Crippen molar-refractivity contribution in [3.8, 4) is 0 Å². The van der Waals surface area contributed by atoms with E-state index in [0.717, 1.165) is 13.8 Å². The number of carbonyl (C=O) groups is 2. The molecule has 1 aromatic carbocycles. The van der Waals surface area contributed by atoms with Crippen molar-refractivity contribution < 1.29 is 32.6 Å². The van der Waals surface area contributed by atoms with Crippen molar-refractivity contribution in [3.63, 3.8) is 0 Å². The van der Waals surface area contributed by atoms with E-state index in [1.807, 2.05) is 0 Å². The van der Waals surface area contributed by atoms with Crippen molar-refractivity contribution in [2.45, 2.75) is 20.0 Å². The van der Waals surface area contributed by atoms with Crippen molar-refractivity contribution in [2.75, 3.05) is 4.90 Å². The number of alkyl halides is 3. The number of carbonyl (C=O) groups excluding carboxylic acids is 2. The van der Waals surface area contributed by atoms with E-state index >= 15 is 0 Å². The molecule has 124 valence electrons. The average molecular weight is 335 g/mol. The van der Waals surface area contributed by atoms with Gasteiger partial charge >= 0.3 is 11.9 Å². The van der Waals surface area contributed by atoms with Gasteiger partial charge in [-0.2, -0.15) is 13.2 Å². The Morgan fingerprint density at radius 3 is 1.83 bits per heavy atom. The van der Waals surface area contributed by atoms with Crippen LogP contribution >= 0.6 is 0 Å². The zero-order valence-electron chi connectivity index (χ0n) is 11.6. The third-order valence-electron chi connectivity index (χ3n) is 2.64. The SMILES string of the molecule is CC(=O)N(C(C)=O)c1c([N+](=O)[O-])cc([N+](=O)[O-])cc1C(F)(F)F. The van der Waals surface area contributed by atoms with E-state index in [9.17, 15) is 43.0 Å². The van der Waals surface area contributed by atoms with Crippen LogP contribution in [-0.4, -0.2) is 21.7 Å². The van der Waals surface area contributed by atoms with Crippen LogP contribution in [-0.2, 0) is 15.8 Å². The molecule has 1 aromatic rings. The van der Waals surface area contributed by atoms with Gasteiger partial charge in [0.25, 0.3) is 5.69 Å². The Labute approximate surface area is 125 Å². The van der Waals surface area contributed by atoms with Crippen LogP contribution in [0.2, 0.25) is 0 Å². The number of nitrogens with zero attached hydrogens (tertiary/aromatic N) is 3. The van der Waals surface area contributed by atoms with E-state index in [-0.39, 0.29) is 17.0 Å². The van der Waals surface area contributed by atoms with Crippen molar-refractivity contribution in [2.24, 2.45) is 0 Å². The summed E-state index contributed by atoms with van der Waals surface area (Å²) in [6.45, 7) is 1.46. The Balaban J connectivity index is 3.97. The molecule has 0 saturated carbocycles. The molecule has 0 fully saturated rings. The summed E-state index contributed by atoms with van der Waals surface area (Å²) in [4.78, 5) is 41.9.